The van der Waals surface area contributed by atoms with Crippen LogP contribution in [0.1, 0.15) is 32.0 Å². The Balaban J connectivity index is 1.80. The third-order valence-electron chi connectivity index (χ3n) is 6.54. The van der Waals surface area contributed by atoms with Crippen molar-refractivity contribution < 1.29 is 14.3 Å². The van der Waals surface area contributed by atoms with Gasteiger partial charge in [-0.3, -0.25) is 14.5 Å². The molecule has 2 N–H and O–H groups in total. The number of fused-ring (bicyclic) bond motifs is 4. The Morgan fingerprint density at radius 2 is 1.93 bits per heavy atom. The van der Waals surface area contributed by atoms with Crippen molar-refractivity contribution in [1.82, 2.24) is 14.8 Å². The zero-order valence-corrected chi connectivity index (χ0v) is 17.3. The van der Waals surface area contributed by atoms with E-state index < -0.39 is 5.92 Å². The second-order valence-electron chi connectivity index (χ2n) is 8.10. The fraction of sp³-hybridized carbons (Fsp3) is 0.478. The summed E-state index contributed by atoms with van der Waals surface area (Å²) in [4.78, 5) is 28.6. The molecule has 0 unspecified atom stereocenters. The monoisotopic (exact) mass is 413 g/mol. The largest absolute Gasteiger partial charge is 0.396 e. The minimum Gasteiger partial charge on any atom is -0.396 e. The van der Waals surface area contributed by atoms with Gasteiger partial charge < -0.3 is 15.0 Å². The number of nitrogens with one attached hydrogen (secondary N) is 1. The SMILES string of the molecule is CCCNC(=O)[C@@H]1[C@@H](CO)[C@@H]2Cn3c(ccc(-c4ccc(F)cc4)c3=O)[C@H]1N2CC. The molecular weight excluding hydrogens is 385 g/mol. The molecule has 1 fully saturated rings. The number of carbonyl (C=O) groups is 1. The van der Waals surface area contributed by atoms with E-state index in [4.69, 9.17) is 0 Å². The molecule has 0 spiro atoms. The number of aliphatic hydroxyl groups is 1. The van der Waals surface area contributed by atoms with Gasteiger partial charge in [-0.2, -0.15) is 0 Å². The predicted octanol–water partition coefficient (Wildman–Crippen LogP) is 2.16. The lowest BCUT2D eigenvalue weighted by atomic mass is 9.86. The van der Waals surface area contributed by atoms with Gasteiger partial charge in [0, 0.05) is 42.9 Å². The summed E-state index contributed by atoms with van der Waals surface area (Å²) in [5.41, 5.74) is 1.83. The van der Waals surface area contributed by atoms with Crippen LogP contribution in [0.5, 0.6) is 0 Å². The van der Waals surface area contributed by atoms with Crippen LogP contribution in [0.4, 0.5) is 4.39 Å². The third kappa shape index (κ3) is 3.26. The van der Waals surface area contributed by atoms with Crippen LogP contribution in [-0.2, 0) is 11.3 Å². The van der Waals surface area contributed by atoms with Gasteiger partial charge in [0.25, 0.3) is 5.56 Å². The van der Waals surface area contributed by atoms with Crippen molar-refractivity contribution in [2.75, 3.05) is 19.7 Å². The number of pyridine rings is 1. The molecule has 6 nitrogen and oxygen atoms in total. The molecule has 0 saturated carbocycles. The summed E-state index contributed by atoms with van der Waals surface area (Å²) in [7, 11) is 0. The molecular formula is C23H28FN3O3. The molecule has 1 saturated heterocycles. The first-order valence-electron chi connectivity index (χ1n) is 10.7. The molecule has 1 amide bonds. The van der Waals surface area contributed by atoms with Gasteiger partial charge in [-0.1, -0.05) is 26.0 Å². The van der Waals surface area contributed by atoms with E-state index in [0.717, 1.165) is 18.7 Å². The van der Waals surface area contributed by atoms with E-state index in [2.05, 4.69) is 10.2 Å². The van der Waals surface area contributed by atoms with Crippen LogP contribution in [0, 0.1) is 17.7 Å². The van der Waals surface area contributed by atoms with Crippen molar-refractivity contribution in [2.45, 2.75) is 38.9 Å². The van der Waals surface area contributed by atoms with Crippen LogP contribution in [0.25, 0.3) is 11.1 Å². The number of rotatable bonds is 6. The molecule has 0 aliphatic carbocycles. The quantitative estimate of drug-likeness (QED) is 0.761. The molecule has 1 aromatic heterocycles. The van der Waals surface area contributed by atoms with Crippen LogP contribution >= 0.6 is 0 Å². The summed E-state index contributed by atoms with van der Waals surface area (Å²) in [6.07, 6.45) is 0.838. The Hall–Kier alpha value is -2.51. The number of nitrogens with zero attached hydrogens (tertiary/aromatic N) is 2. The van der Waals surface area contributed by atoms with Gasteiger partial charge >= 0.3 is 0 Å². The molecule has 2 aromatic rings. The Kier molecular flexibility index (Phi) is 5.75. The van der Waals surface area contributed by atoms with E-state index in [-0.39, 0.29) is 41.9 Å². The van der Waals surface area contributed by atoms with Gasteiger partial charge in [0.05, 0.1) is 12.0 Å². The van der Waals surface area contributed by atoms with Crippen molar-refractivity contribution in [3.63, 3.8) is 0 Å². The number of hydrogen-bond donors (Lipinski definition) is 2. The van der Waals surface area contributed by atoms with Crippen molar-refractivity contribution in [3.05, 3.63) is 58.3 Å². The van der Waals surface area contributed by atoms with Crippen LogP contribution in [-0.4, -0.2) is 46.2 Å². The lowest BCUT2D eigenvalue weighted by molar-refractivity contribution is -0.127. The van der Waals surface area contributed by atoms with Crippen LogP contribution < -0.4 is 10.9 Å². The molecule has 2 bridgehead atoms. The maximum absolute atomic E-state index is 13.3. The average molecular weight is 413 g/mol. The molecule has 2 aliphatic rings. The predicted molar refractivity (Wildman–Crippen MR) is 112 cm³/mol. The lowest BCUT2D eigenvalue weighted by Gasteiger charge is -2.37. The number of likely N-dealkylation sites (N-methyl/N-ethyl adjacent to an activating group) is 1. The van der Waals surface area contributed by atoms with E-state index >= 15 is 0 Å². The van der Waals surface area contributed by atoms with Gasteiger partial charge in [0.15, 0.2) is 0 Å². The Morgan fingerprint density at radius 3 is 2.57 bits per heavy atom. The summed E-state index contributed by atoms with van der Waals surface area (Å²) >= 11 is 0. The summed E-state index contributed by atoms with van der Waals surface area (Å²) in [6, 6.07) is 9.23. The van der Waals surface area contributed by atoms with E-state index in [0.29, 0.717) is 24.2 Å². The van der Waals surface area contributed by atoms with Crippen molar-refractivity contribution in [3.8, 4) is 11.1 Å². The smallest absolute Gasteiger partial charge is 0.258 e. The number of halogens is 1. The van der Waals surface area contributed by atoms with Gasteiger partial charge in [-0.05, 0) is 42.8 Å². The fourth-order valence-corrected chi connectivity index (χ4v) is 5.17. The highest BCUT2D eigenvalue weighted by Crippen LogP contribution is 2.48. The van der Waals surface area contributed by atoms with Crippen molar-refractivity contribution >= 4 is 5.91 Å². The van der Waals surface area contributed by atoms with Crippen molar-refractivity contribution in [2.24, 2.45) is 11.8 Å². The summed E-state index contributed by atoms with van der Waals surface area (Å²) < 4.78 is 15.1. The maximum atomic E-state index is 13.3. The van der Waals surface area contributed by atoms with Crippen LogP contribution in [0.15, 0.2) is 41.2 Å². The second-order valence-corrected chi connectivity index (χ2v) is 8.10. The number of amides is 1. The first-order chi connectivity index (χ1) is 14.5. The topological polar surface area (TPSA) is 74.6 Å². The number of benzene rings is 1. The zero-order valence-electron chi connectivity index (χ0n) is 17.3. The van der Waals surface area contributed by atoms with Gasteiger partial charge in [0.2, 0.25) is 5.91 Å². The average Bonchev–Trinajstić information content (AvgIpc) is 2.99. The molecule has 1 aromatic carbocycles. The number of aliphatic hydroxyl groups excluding tert-OH is 1. The van der Waals surface area contributed by atoms with Crippen molar-refractivity contribution in [1.29, 1.82) is 0 Å². The molecule has 4 rings (SSSR count). The standard InChI is InChI=1S/C23H28FN3O3/c1-3-11-25-22(29)20-17(13-28)19-12-27-18(21(20)26(19)4-2)10-9-16(23(27)30)14-5-7-15(24)8-6-14/h5-10,17,19-21,28H,3-4,11-13H2,1-2H3,(H,25,29)/t17-,19-,20+,21+/m0/s1. The lowest BCUT2D eigenvalue weighted by Crippen LogP contribution is -2.46. The van der Waals surface area contributed by atoms with Crippen LogP contribution in [0.3, 0.4) is 0 Å². The molecule has 160 valence electrons. The minimum absolute atomic E-state index is 0.0645. The molecule has 4 atom stereocenters. The Labute approximate surface area is 175 Å². The first kappa shape index (κ1) is 20.8. The summed E-state index contributed by atoms with van der Waals surface area (Å²) in [6.45, 7) is 5.69. The van der Waals surface area contributed by atoms with E-state index in [1.165, 1.54) is 12.1 Å². The summed E-state index contributed by atoms with van der Waals surface area (Å²) in [5, 5.41) is 13.1. The summed E-state index contributed by atoms with van der Waals surface area (Å²) in [5.74, 6) is -1.05. The Morgan fingerprint density at radius 1 is 1.20 bits per heavy atom. The Bertz CT molecular complexity index is 988. The molecule has 3 heterocycles. The highest BCUT2D eigenvalue weighted by atomic mass is 19.1. The highest BCUT2D eigenvalue weighted by Gasteiger charge is 2.55. The molecule has 0 radical (unpaired) electrons. The second kappa shape index (κ2) is 8.32. The molecule has 30 heavy (non-hydrogen) atoms. The fourth-order valence-electron chi connectivity index (χ4n) is 5.17. The maximum Gasteiger partial charge on any atom is 0.258 e. The molecule has 2 aliphatic heterocycles. The van der Waals surface area contributed by atoms with E-state index in [1.54, 1.807) is 22.8 Å². The molecule has 7 heteroatoms. The zero-order chi connectivity index (χ0) is 21.4. The number of aromatic nitrogens is 1. The van der Waals surface area contributed by atoms with Gasteiger partial charge in [0.1, 0.15) is 5.82 Å². The third-order valence-corrected chi connectivity index (χ3v) is 6.54. The normalized spacial score (nSPS) is 25.2. The number of hydrogen-bond acceptors (Lipinski definition) is 4. The first-order valence-corrected chi connectivity index (χ1v) is 10.7. The minimum atomic E-state index is -0.406. The van der Waals surface area contributed by atoms with Crippen LogP contribution in [0.2, 0.25) is 0 Å². The highest BCUT2D eigenvalue weighted by molar-refractivity contribution is 5.80. The van der Waals surface area contributed by atoms with E-state index in [9.17, 15) is 19.1 Å². The van der Waals surface area contributed by atoms with E-state index in [1.807, 2.05) is 19.9 Å². The number of carbonyl (C=O) groups excluding carboxylic acids is 1. The van der Waals surface area contributed by atoms with Gasteiger partial charge in [-0.25, -0.2) is 4.39 Å². The van der Waals surface area contributed by atoms with Gasteiger partial charge in [-0.15, -0.1) is 0 Å².